The van der Waals surface area contributed by atoms with Gasteiger partial charge in [0.15, 0.2) is 11.5 Å². The molecule has 0 aliphatic heterocycles. The molecule has 0 radical (unpaired) electrons. The highest BCUT2D eigenvalue weighted by atomic mass is 32.1. The van der Waals surface area contributed by atoms with Gasteiger partial charge < -0.3 is 15.8 Å². The number of methoxy groups -OCH3 is 1. The van der Waals surface area contributed by atoms with Crippen molar-refractivity contribution in [1.29, 1.82) is 0 Å². The lowest BCUT2D eigenvalue weighted by molar-refractivity contribution is 0.0992. The number of nitrogens with two attached hydrogens (primary N) is 1. The zero-order valence-electron chi connectivity index (χ0n) is 12.7. The Kier molecular flexibility index (Phi) is 4.52. The Hall–Kier alpha value is -2.02. The molecule has 21 heavy (non-hydrogen) atoms. The minimum atomic E-state index is 0.0291. The first kappa shape index (κ1) is 15.4. The zero-order valence-corrected chi connectivity index (χ0v) is 13.5. The first-order valence-electron chi connectivity index (χ1n) is 6.70. The minimum absolute atomic E-state index is 0.0291. The summed E-state index contributed by atoms with van der Waals surface area (Å²) in [5.41, 5.74) is 8.60. The number of aryl methyl sites for hydroxylation is 1. The third-order valence-corrected chi connectivity index (χ3v) is 4.64. The van der Waals surface area contributed by atoms with E-state index in [0.29, 0.717) is 29.3 Å². The Morgan fingerprint density at radius 1 is 1.57 bits per heavy atom. The van der Waals surface area contributed by atoms with Crippen molar-refractivity contribution in [1.82, 2.24) is 9.78 Å². The average molecular weight is 308 g/mol. The summed E-state index contributed by atoms with van der Waals surface area (Å²) in [6.45, 7) is 4.44. The van der Waals surface area contributed by atoms with Crippen molar-refractivity contribution in [3.05, 3.63) is 22.3 Å². The van der Waals surface area contributed by atoms with E-state index in [9.17, 15) is 4.79 Å². The molecule has 0 saturated carbocycles. The van der Waals surface area contributed by atoms with Crippen LogP contribution in [0.4, 0.5) is 10.7 Å². The van der Waals surface area contributed by atoms with E-state index in [1.807, 2.05) is 31.8 Å². The summed E-state index contributed by atoms with van der Waals surface area (Å²) in [6, 6.07) is 0. The molecule has 7 heteroatoms. The van der Waals surface area contributed by atoms with Crippen molar-refractivity contribution in [3.63, 3.8) is 0 Å². The molecule has 2 heterocycles. The largest absolute Gasteiger partial charge is 0.492 e. The normalized spacial score (nSPS) is 10.7. The van der Waals surface area contributed by atoms with Crippen LogP contribution < -0.4 is 15.8 Å². The number of Topliss-reactive ketones (excluding diaryl/α,β-unsaturated/α-hetero) is 1. The number of nitrogen functional groups attached to an aromatic ring is 1. The summed E-state index contributed by atoms with van der Waals surface area (Å²) in [6.07, 6.45) is 2.25. The van der Waals surface area contributed by atoms with E-state index in [-0.39, 0.29) is 5.78 Å². The van der Waals surface area contributed by atoms with Crippen LogP contribution in [0.15, 0.2) is 6.20 Å². The predicted octanol–water partition coefficient (Wildman–Crippen LogP) is 2.59. The van der Waals surface area contributed by atoms with E-state index in [0.717, 1.165) is 16.3 Å². The van der Waals surface area contributed by atoms with Gasteiger partial charge in [0.1, 0.15) is 5.00 Å². The van der Waals surface area contributed by atoms with Gasteiger partial charge in [-0.2, -0.15) is 5.10 Å². The zero-order chi connectivity index (χ0) is 15.6. The Balaban J connectivity index is 2.23. The highest BCUT2D eigenvalue weighted by Crippen LogP contribution is 2.43. The van der Waals surface area contributed by atoms with Crippen LogP contribution in [0.5, 0.6) is 5.75 Å². The number of carbonyl (C=O) groups is 1. The lowest BCUT2D eigenvalue weighted by atomic mass is 10.2. The molecule has 0 atom stereocenters. The van der Waals surface area contributed by atoms with Crippen LogP contribution in [0.2, 0.25) is 0 Å². The molecule has 0 aliphatic rings. The molecule has 2 aromatic heterocycles. The van der Waals surface area contributed by atoms with Crippen LogP contribution >= 0.6 is 11.3 Å². The molecule has 6 nitrogen and oxygen atoms in total. The number of hydrogen-bond donors (Lipinski definition) is 2. The van der Waals surface area contributed by atoms with Gasteiger partial charge in [-0.15, -0.1) is 11.3 Å². The van der Waals surface area contributed by atoms with Gasteiger partial charge >= 0.3 is 0 Å². The number of nitrogens with zero attached hydrogens (tertiary/aromatic N) is 2. The molecule has 0 fully saturated rings. The Morgan fingerprint density at radius 2 is 2.29 bits per heavy atom. The number of aromatic nitrogens is 2. The summed E-state index contributed by atoms with van der Waals surface area (Å²) < 4.78 is 7.15. The number of thiophene rings is 1. The third-order valence-electron chi connectivity index (χ3n) is 3.45. The van der Waals surface area contributed by atoms with Gasteiger partial charge in [0.2, 0.25) is 0 Å². The second kappa shape index (κ2) is 6.17. The fraction of sp³-hybridized carbons (Fsp3) is 0.429. The lowest BCUT2D eigenvalue weighted by Gasteiger charge is -2.06. The standard InChI is InChI=1S/C14H20N4O2S/c1-5-10(19)13-11(15)12(20-4)14(21-13)16-6-9-7-17-18(3)8(9)2/h7,16H,5-6,15H2,1-4H3. The molecule has 114 valence electrons. The molecule has 0 aliphatic carbocycles. The van der Waals surface area contributed by atoms with Gasteiger partial charge in [0, 0.05) is 31.3 Å². The Bertz CT molecular complexity index is 660. The van der Waals surface area contributed by atoms with E-state index in [1.54, 1.807) is 7.11 Å². The van der Waals surface area contributed by atoms with Crippen LogP contribution in [-0.4, -0.2) is 22.7 Å². The predicted molar refractivity (Wildman–Crippen MR) is 85.2 cm³/mol. The number of hydrogen-bond acceptors (Lipinski definition) is 6. The molecule has 0 spiro atoms. The van der Waals surface area contributed by atoms with Crippen molar-refractivity contribution >= 4 is 27.8 Å². The third kappa shape index (κ3) is 2.87. The summed E-state index contributed by atoms with van der Waals surface area (Å²) in [5, 5.41) is 8.26. The maximum atomic E-state index is 11.9. The number of ether oxygens (including phenoxy) is 1. The van der Waals surface area contributed by atoms with Crippen molar-refractivity contribution in [3.8, 4) is 5.75 Å². The molecule has 0 bridgehead atoms. The minimum Gasteiger partial charge on any atom is -0.492 e. The van der Waals surface area contributed by atoms with Gasteiger partial charge in [-0.05, 0) is 6.92 Å². The maximum Gasteiger partial charge on any atom is 0.176 e. The number of anilines is 2. The van der Waals surface area contributed by atoms with Crippen molar-refractivity contribution in [2.24, 2.45) is 7.05 Å². The quantitative estimate of drug-likeness (QED) is 0.802. The number of rotatable bonds is 6. The topological polar surface area (TPSA) is 82.2 Å². The van der Waals surface area contributed by atoms with Crippen LogP contribution in [0.1, 0.15) is 34.3 Å². The highest BCUT2D eigenvalue weighted by molar-refractivity contribution is 7.19. The van der Waals surface area contributed by atoms with Gasteiger partial charge in [-0.1, -0.05) is 6.92 Å². The van der Waals surface area contributed by atoms with Crippen LogP contribution in [0.25, 0.3) is 0 Å². The number of nitrogens with one attached hydrogen (secondary N) is 1. The van der Waals surface area contributed by atoms with E-state index < -0.39 is 0 Å². The van der Waals surface area contributed by atoms with Crippen molar-refractivity contribution < 1.29 is 9.53 Å². The fourth-order valence-electron chi connectivity index (χ4n) is 2.01. The molecule has 0 unspecified atom stereocenters. The SMILES string of the molecule is CCC(=O)c1sc(NCc2cnn(C)c2C)c(OC)c1N. The van der Waals surface area contributed by atoms with Crippen LogP contribution in [-0.2, 0) is 13.6 Å². The van der Waals surface area contributed by atoms with E-state index >= 15 is 0 Å². The van der Waals surface area contributed by atoms with Gasteiger partial charge in [-0.25, -0.2) is 0 Å². The molecule has 0 amide bonds. The smallest absolute Gasteiger partial charge is 0.176 e. The Labute approximate surface area is 127 Å². The van der Waals surface area contributed by atoms with Gasteiger partial charge in [-0.3, -0.25) is 9.48 Å². The van der Waals surface area contributed by atoms with E-state index in [4.69, 9.17) is 10.5 Å². The van der Waals surface area contributed by atoms with Gasteiger partial charge in [0.05, 0.1) is 23.9 Å². The Morgan fingerprint density at radius 3 is 2.81 bits per heavy atom. The summed E-state index contributed by atoms with van der Waals surface area (Å²) in [7, 11) is 3.46. The molecule has 2 rings (SSSR count). The lowest BCUT2D eigenvalue weighted by Crippen LogP contribution is -2.01. The number of ketones is 1. The van der Waals surface area contributed by atoms with E-state index in [2.05, 4.69) is 10.4 Å². The van der Waals surface area contributed by atoms with Crippen LogP contribution in [0, 0.1) is 6.92 Å². The first-order chi connectivity index (χ1) is 9.99. The molecule has 2 aromatic rings. The second-order valence-electron chi connectivity index (χ2n) is 4.72. The molecule has 3 N–H and O–H groups in total. The summed E-state index contributed by atoms with van der Waals surface area (Å²) in [4.78, 5) is 12.4. The second-order valence-corrected chi connectivity index (χ2v) is 5.74. The maximum absolute atomic E-state index is 11.9. The van der Waals surface area contributed by atoms with Crippen molar-refractivity contribution in [2.45, 2.75) is 26.8 Å². The van der Waals surface area contributed by atoms with Gasteiger partial charge in [0.25, 0.3) is 0 Å². The number of carbonyl (C=O) groups excluding carboxylic acids is 1. The van der Waals surface area contributed by atoms with Crippen LogP contribution in [0.3, 0.4) is 0 Å². The first-order valence-corrected chi connectivity index (χ1v) is 7.52. The molecule has 0 aromatic carbocycles. The molecular formula is C14H20N4O2S. The molecule has 0 saturated heterocycles. The van der Waals surface area contributed by atoms with Crippen molar-refractivity contribution in [2.75, 3.05) is 18.2 Å². The monoisotopic (exact) mass is 308 g/mol. The highest BCUT2D eigenvalue weighted by Gasteiger charge is 2.20. The van der Waals surface area contributed by atoms with E-state index in [1.165, 1.54) is 11.3 Å². The molecular weight excluding hydrogens is 288 g/mol. The average Bonchev–Trinajstić information content (AvgIpc) is 2.97. The summed E-state index contributed by atoms with van der Waals surface area (Å²) in [5.74, 6) is 0.569. The summed E-state index contributed by atoms with van der Waals surface area (Å²) >= 11 is 1.34. The fourth-order valence-corrected chi connectivity index (χ4v) is 3.10.